The largest absolute Gasteiger partial charge is 0.481 e. The van der Waals surface area contributed by atoms with Gasteiger partial charge in [0.15, 0.2) is 0 Å². The first-order valence-corrected chi connectivity index (χ1v) is 13.9. The molecule has 218 valence electrons. The molecule has 1 aliphatic heterocycles. The van der Waals surface area contributed by atoms with Gasteiger partial charge in [0.2, 0.25) is 11.8 Å². The van der Waals surface area contributed by atoms with Crippen LogP contribution in [-0.4, -0.2) is 63.7 Å². The maximum atomic E-state index is 14.5. The van der Waals surface area contributed by atoms with Gasteiger partial charge in [0.05, 0.1) is 31.8 Å². The Hall–Kier alpha value is -5.29. The summed E-state index contributed by atoms with van der Waals surface area (Å²) in [4.78, 5) is 42.3. The number of carbonyl (C=O) groups is 1. The number of nitrogens with one attached hydrogen (secondary N) is 1. The highest BCUT2D eigenvalue weighted by Crippen LogP contribution is 2.31. The number of rotatable bonds is 7. The fraction of sp³-hybridized carbons (Fsp3) is 0.219. The van der Waals surface area contributed by atoms with Crippen molar-refractivity contribution in [1.29, 1.82) is 0 Å². The summed E-state index contributed by atoms with van der Waals surface area (Å²) in [6, 6.07) is 20.4. The number of hydrogen-bond donors (Lipinski definition) is 2. The summed E-state index contributed by atoms with van der Waals surface area (Å²) >= 11 is 0. The Morgan fingerprint density at radius 2 is 1.84 bits per heavy atom. The van der Waals surface area contributed by atoms with E-state index < -0.39 is 6.04 Å². The summed E-state index contributed by atoms with van der Waals surface area (Å²) in [7, 11) is 1.56. The zero-order valence-electron chi connectivity index (χ0n) is 23.9. The first-order valence-electron chi connectivity index (χ1n) is 13.9. The lowest BCUT2D eigenvalue weighted by molar-refractivity contribution is 0.0303. The number of amides is 1. The molecule has 3 N–H and O–H groups in total. The summed E-state index contributed by atoms with van der Waals surface area (Å²) in [5.41, 5.74) is 9.02. The zero-order chi connectivity index (χ0) is 29.9. The Balaban J connectivity index is 1.48. The van der Waals surface area contributed by atoms with Gasteiger partial charge in [0.1, 0.15) is 11.4 Å². The molecule has 11 nitrogen and oxygen atoms in total. The van der Waals surface area contributed by atoms with Gasteiger partial charge < -0.3 is 25.4 Å². The number of anilines is 2. The molecule has 0 radical (unpaired) electrons. The van der Waals surface area contributed by atoms with Crippen molar-refractivity contribution in [2.24, 2.45) is 0 Å². The van der Waals surface area contributed by atoms with Crippen molar-refractivity contribution in [2.45, 2.75) is 13.0 Å². The third-order valence-corrected chi connectivity index (χ3v) is 7.48. The minimum atomic E-state index is -0.465. The highest BCUT2D eigenvalue weighted by molar-refractivity contribution is 5.99. The van der Waals surface area contributed by atoms with E-state index >= 15 is 0 Å². The SMILES string of the molecule is COc1cc(-c2cccc3cc([C@H](C)Nc4nc(N)ncc4C(=O)N4CCOCC4)n(-c4ccccc4)c(=O)c23)ccn1. The normalized spacial score (nSPS) is 14.0. The molecule has 2 aromatic carbocycles. The van der Waals surface area contributed by atoms with E-state index in [-0.39, 0.29) is 17.4 Å². The lowest BCUT2D eigenvalue weighted by atomic mass is 9.98. The Bertz CT molecular complexity index is 1850. The summed E-state index contributed by atoms with van der Waals surface area (Å²) < 4.78 is 12.4. The highest BCUT2D eigenvalue weighted by atomic mass is 16.5. The van der Waals surface area contributed by atoms with Crippen LogP contribution in [0.3, 0.4) is 0 Å². The zero-order valence-corrected chi connectivity index (χ0v) is 23.9. The molecule has 1 saturated heterocycles. The van der Waals surface area contributed by atoms with Crippen LogP contribution < -0.4 is 21.3 Å². The number of nitrogen functional groups attached to an aromatic ring is 1. The maximum Gasteiger partial charge on any atom is 0.263 e. The number of methoxy groups -OCH3 is 1. The average Bonchev–Trinajstić information content (AvgIpc) is 3.05. The summed E-state index contributed by atoms with van der Waals surface area (Å²) in [5.74, 6) is 0.569. The van der Waals surface area contributed by atoms with E-state index in [4.69, 9.17) is 15.2 Å². The van der Waals surface area contributed by atoms with Gasteiger partial charge in [-0.15, -0.1) is 0 Å². The van der Waals surface area contributed by atoms with Crippen molar-refractivity contribution in [1.82, 2.24) is 24.4 Å². The second-order valence-electron chi connectivity index (χ2n) is 10.2. The monoisotopic (exact) mass is 577 g/mol. The van der Waals surface area contributed by atoms with Crippen molar-refractivity contribution < 1.29 is 14.3 Å². The number of nitrogens with zero attached hydrogens (tertiary/aromatic N) is 5. The third kappa shape index (κ3) is 5.50. The van der Waals surface area contributed by atoms with Crippen LogP contribution in [0.5, 0.6) is 5.88 Å². The van der Waals surface area contributed by atoms with Gasteiger partial charge in [-0.1, -0.05) is 36.4 Å². The average molecular weight is 578 g/mol. The van der Waals surface area contributed by atoms with E-state index in [1.54, 1.807) is 22.8 Å². The molecule has 0 aliphatic carbocycles. The molecule has 1 amide bonds. The van der Waals surface area contributed by atoms with E-state index in [2.05, 4.69) is 20.3 Å². The number of ether oxygens (including phenoxy) is 2. The van der Waals surface area contributed by atoms with Crippen LogP contribution >= 0.6 is 0 Å². The van der Waals surface area contributed by atoms with Crippen LogP contribution in [0, 0.1) is 0 Å². The van der Waals surface area contributed by atoms with Crippen LogP contribution in [0.15, 0.2) is 83.9 Å². The van der Waals surface area contributed by atoms with E-state index in [1.165, 1.54) is 6.20 Å². The molecular formula is C32H31N7O4. The van der Waals surface area contributed by atoms with Crippen LogP contribution in [-0.2, 0) is 4.74 Å². The van der Waals surface area contributed by atoms with Gasteiger partial charge >= 0.3 is 0 Å². The fourth-order valence-electron chi connectivity index (χ4n) is 5.35. The van der Waals surface area contributed by atoms with Gasteiger partial charge in [-0.25, -0.2) is 9.97 Å². The number of pyridine rings is 2. The van der Waals surface area contributed by atoms with Gasteiger partial charge in [0, 0.05) is 42.9 Å². The second-order valence-corrected chi connectivity index (χ2v) is 10.2. The molecule has 0 saturated carbocycles. The van der Waals surface area contributed by atoms with Crippen LogP contribution in [0.25, 0.3) is 27.6 Å². The summed E-state index contributed by atoms with van der Waals surface area (Å²) in [6.45, 7) is 3.80. The predicted octanol–water partition coefficient (Wildman–Crippen LogP) is 4.08. The summed E-state index contributed by atoms with van der Waals surface area (Å²) in [6.07, 6.45) is 3.10. The minimum absolute atomic E-state index is 0.0320. The smallest absolute Gasteiger partial charge is 0.263 e. The molecule has 5 aromatic rings. The molecule has 1 aliphatic rings. The molecule has 0 unspecified atom stereocenters. The standard InChI is InChI=1S/C32H31N7O4/c1-20(36-29-25(19-35-32(33)37-29)30(40)38-13-15-43-16-14-38)26-17-22-7-6-10-24(21-11-12-34-27(18-21)42-2)28(22)31(41)39(26)23-8-4-3-5-9-23/h3-12,17-20H,13-16H2,1-2H3,(H3,33,35,36,37)/t20-/m0/s1. The molecule has 3 aromatic heterocycles. The van der Waals surface area contributed by atoms with Gasteiger partial charge in [-0.05, 0) is 47.7 Å². The highest BCUT2D eigenvalue weighted by Gasteiger charge is 2.25. The number of benzene rings is 2. The topological polar surface area (TPSA) is 137 Å². The molecule has 0 bridgehead atoms. The molecule has 1 fully saturated rings. The van der Waals surface area contributed by atoms with Crippen molar-refractivity contribution >= 4 is 28.4 Å². The Morgan fingerprint density at radius 1 is 1.05 bits per heavy atom. The molecule has 6 rings (SSSR count). The number of morpholine rings is 1. The molecule has 4 heterocycles. The Morgan fingerprint density at radius 3 is 2.60 bits per heavy atom. The molecule has 43 heavy (non-hydrogen) atoms. The van der Waals surface area contributed by atoms with Gasteiger partial charge in [-0.3, -0.25) is 14.2 Å². The molecular weight excluding hydrogens is 546 g/mol. The lowest BCUT2D eigenvalue weighted by Gasteiger charge is -2.28. The first kappa shape index (κ1) is 27.9. The van der Waals surface area contributed by atoms with Crippen molar-refractivity contribution in [2.75, 3.05) is 44.5 Å². The number of carbonyl (C=O) groups excluding carboxylic acids is 1. The van der Waals surface area contributed by atoms with Crippen molar-refractivity contribution in [3.63, 3.8) is 0 Å². The maximum absolute atomic E-state index is 14.5. The number of fused-ring (bicyclic) bond motifs is 1. The van der Waals surface area contributed by atoms with Gasteiger partial charge in [0.25, 0.3) is 11.5 Å². The fourth-order valence-corrected chi connectivity index (χ4v) is 5.35. The van der Waals surface area contributed by atoms with Crippen molar-refractivity contribution in [3.05, 3.63) is 101 Å². The number of para-hydroxylation sites is 1. The summed E-state index contributed by atoms with van der Waals surface area (Å²) in [5, 5.41) is 4.68. The van der Waals surface area contributed by atoms with Gasteiger partial charge in [-0.2, -0.15) is 4.98 Å². The molecule has 11 heteroatoms. The number of aromatic nitrogens is 4. The quantitative estimate of drug-likeness (QED) is 0.293. The van der Waals surface area contributed by atoms with Crippen LogP contribution in [0.1, 0.15) is 29.0 Å². The van der Waals surface area contributed by atoms with E-state index in [0.29, 0.717) is 60.3 Å². The Labute approximate surface area is 247 Å². The van der Waals surface area contributed by atoms with Crippen molar-refractivity contribution in [3.8, 4) is 22.7 Å². The first-order chi connectivity index (χ1) is 20.9. The number of nitrogens with two attached hydrogens (primary N) is 1. The van der Waals surface area contributed by atoms with E-state index in [1.807, 2.05) is 73.7 Å². The molecule has 0 spiro atoms. The van der Waals surface area contributed by atoms with E-state index in [9.17, 15) is 9.59 Å². The minimum Gasteiger partial charge on any atom is -0.481 e. The third-order valence-electron chi connectivity index (χ3n) is 7.48. The molecule has 1 atom stereocenters. The second kappa shape index (κ2) is 11.9. The van der Waals surface area contributed by atoms with Crippen LogP contribution in [0.4, 0.5) is 11.8 Å². The number of hydrogen-bond acceptors (Lipinski definition) is 9. The van der Waals surface area contributed by atoms with E-state index in [0.717, 1.165) is 16.5 Å². The Kier molecular flexibility index (Phi) is 7.71. The predicted molar refractivity (Wildman–Crippen MR) is 165 cm³/mol. The lowest BCUT2D eigenvalue weighted by Crippen LogP contribution is -2.41. The van der Waals surface area contributed by atoms with Crippen LogP contribution in [0.2, 0.25) is 0 Å².